The molecule has 0 radical (unpaired) electrons. The van der Waals surface area contributed by atoms with E-state index in [1.165, 1.54) is 11.1 Å². The maximum Gasteiger partial charge on any atom is 2.00 e. The first-order valence-electron chi connectivity index (χ1n) is 21.1. The van der Waals surface area contributed by atoms with E-state index in [0.717, 1.165) is 99.8 Å². The van der Waals surface area contributed by atoms with Crippen LogP contribution in [0, 0.1) is 6.07 Å². The standard InChI is InChI=1S/C57H39N5.Pt/c1-57(2,40-18-8-4-9-19-40)41-29-31-46-45-30-28-39(34-51(45)62(52(46)36-41)53-35-38(32-33-58-53)37-16-6-3-7-17-37)43-23-15-27-50-55(43)60-56(61(50)42-20-10-5-11-21-42)48-25-14-24-47-44-22-12-13-26-49(44)59-54(47)48;/h3-33,35-36H,1-2H3;/q-2;+2. The molecule has 4 aromatic heterocycles. The molecule has 0 atom stereocenters. The van der Waals surface area contributed by atoms with Gasteiger partial charge in [-0.2, -0.15) is 0 Å². The van der Waals surface area contributed by atoms with E-state index in [1.807, 2.05) is 12.3 Å². The molecule has 12 aromatic rings. The molecule has 5 nitrogen and oxygen atoms in total. The molecule has 0 saturated heterocycles. The van der Waals surface area contributed by atoms with E-state index in [9.17, 15) is 0 Å². The molecule has 0 fully saturated rings. The number of rotatable bonds is 7. The van der Waals surface area contributed by atoms with Gasteiger partial charge in [0.2, 0.25) is 0 Å². The maximum absolute atomic E-state index is 5.56. The second kappa shape index (κ2) is 15.2. The van der Waals surface area contributed by atoms with Crippen LogP contribution in [0.1, 0.15) is 25.0 Å². The van der Waals surface area contributed by atoms with Crippen LogP contribution in [0.4, 0.5) is 0 Å². The van der Waals surface area contributed by atoms with Crippen LogP contribution in [0.15, 0.2) is 200 Å². The smallest absolute Gasteiger partial charge is 0.656 e. The van der Waals surface area contributed by atoms with Gasteiger partial charge in [-0.1, -0.05) is 170 Å². The third-order valence-electron chi connectivity index (χ3n) is 12.7. The van der Waals surface area contributed by atoms with Gasteiger partial charge in [0.15, 0.2) is 0 Å². The Hall–Kier alpha value is -7.33. The summed E-state index contributed by atoms with van der Waals surface area (Å²) in [6.45, 7) is 4.60. The first-order valence-corrected chi connectivity index (χ1v) is 21.1. The predicted octanol–water partition coefficient (Wildman–Crippen LogP) is 13.9. The number of pyridine rings is 1. The molecule has 0 aliphatic rings. The zero-order valence-corrected chi connectivity index (χ0v) is 36.9. The minimum Gasteiger partial charge on any atom is -0.656 e. The summed E-state index contributed by atoms with van der Waals surface area (Å²) in [4.78, 5) is 15.8. The van der Waals surface area contributed by atoms with Gasteiger partial charge < -0.3 is 9.55 Å². The van der Waals surface area contributed by atoms with E-state index in [4.69, 9.17) is 15.0 Å². The summed E-state index contributed by atoms with van der Waals surface area (Å²) >= 11 is 0. The van der Waals surface area contributed by atoms with Crippen molar-refractivity contribution in [1.29, 1.82) is 0 Å². The average molecular weight is 989 g/mol. The van der Waals surface area contributed by atoms with E-state index in [2.05, 4.69) is 217 Å². The van der Waals surface area contributed by atoms with Gasteiger partial charge in [-0.25, -0.2) is 9.97 Å². The number of para-hydroxylation sites is 4. The van der Waals surface area contributed by atoms with E-state index >= 15 is 0 Å². The number of aromatic nitrogens is 5. The Labute approximate surface area is 379 Å². The van der Waals surface area contributed by atoms with Gasteiger partial charge in [0.1, 0.15) is 11.6 Å². The van der Waals surface area contributed by atoms with Crippen molar-refractivity contribution in [3.05, 3.63) is 218 Å². The van der Waals surface area contributed by atoms with Gasteiger partial charge >= 0.3 is 21.1 Å². The zero-order valence-electron chi connectivity index (χ0n) is 34.6. The Bertz CT molecular complexity index is 3660. The molecular formula is C57H39N5Pt. The van der Waals surface area contributed by atoms with Crippen LogP contribution in [0.25, 0.3) is 99.8 Å². The van der Waals surface area contributed by atoms with Crippen molar-refractivity contribution in [1.82, 2.24) is 24.1 Å². The first-order chi connectivity index (χ1) is 30.5. The van der Waals surface area contributed by atoms with E-state index < -0.39 is 0 Å². The monoisotopic (exact) mass is 988 g/mol. The molecule has 0 saturated carbocycles. The van der Waals surface area contributed by atoms with Crippen molar-refractivity contribution in [2.24, 2.45) is 0 Å². The third kappa shape index (κ3) is 6.26. The van der Waals surface area contributed by atoms with Crippen LogP contribution in [-0.2, 0) is 26.5 Å². The van der Waals surface area contributed by atoms with Gasteiger partial charge in [0.25, 0.3) is 0 Å². The third-order valence-corrected chi connectivity index (χ3v) is 12.7. The molecule has 0 aliphatic heterocycles. The van der Waals surface area contributed by atoms with E-state index in [1.54, 1.807) is 0 Å². The topological polar surface area (TPSA) is 49.7 Å². The summed E-state index contributed by atoms with van der Waals surface area (Å²) in [7, 11) is 0. The van der Waals surface area contributed by atoms with Crippen LogP contribution >= 0.6 is 0 Å². The van der Waals surface area contributed by atoms with Gasteiger partial charge in [-0.3, -0.25) is 4.57 Å². The number of hydrogen-bond donors (Lipinski definition) is 0. The molecule has 0 amide bonds. The van der Waals surface area contributed by atoms with E-state index in [-0.39, 0.29) is 26.5 Å². The summed E-state index contributed by atoms with van der Waals surface area (Å²) < 4.78 is 4.57. The Morgan fingerprint density at radius 3 is 2.05 bits per heavy atom. The van der Waals surface area contributed by atoms with Crippen molar-refractivity contribution >= 4 is 54.6 Å². The number of benzene rings is 8. The van der Waals surface area contributed by atoms with Crippen LogP contribution in [0.2, 0.25) is 0 Å². The van der Waals surface area contributed by atoms with Crippen LogP contribution < -0.4 is 4.98 Å². The largest absolute Gasteiger partial charge is 2.00 e. The quantitative estimate of drug-likeness (QED) is 0.150. The van der Waals surface area contributed by atoms with Crippen molar-refractivity contribution in [3.63, 3.8) is 0 Å². The molecular weight excluding hydrogens is 950 g/mol. The molecule has 6 heteroatoms. The fourth-order valence-electron chi connectivity index (χ4n) is 9.41. The fraction of sp³-hybridized carbons (Fsp3) is 0.0526. The average Bonchev–Trinajstić information content (AvgIpc) is 4.02. The Balaban J connectivity index is 0.00000444. The minimum absolute atomic E-state index is 0. The molecule has 302 valence electrons. The number of fused-ring (bicyclic) bond motifs is 7. The normalized spacial score (nSPS) is 11.8. The van der Waals surface area contributed by atoms with Crippen LogP contribution in [0.5, 0.6) is 0 Å². The fourth-order valence-corrected chi connectivity index (χ4v) is 9.41. The van der Waals surface area contributed by atoms with Gasteiger partial charge in [-0.05, 0) is 80.3 Å². The number of hydrogen-bond acceptors (Lipinski definition) is 2. The molecule has 0 unspecified atom stereocenters. The van der Waals surface area contributed by atoms with Gasteiger partial charge in [-0.15, -0.1) is 34.8 Å². The van der Waals surface area contributed by atoms with Crippen molar-refractivity contribution < 1.29 is 21.1 Å². The molecule has 0 bridgehead atoms. The second-order valence-electron chi connectivity index (χ2n) is 16.6. The molecule has 0 N–H and O–H groups in total. The summed E-state index contributed by atoms with van der Waals surface area (Å²) in [5, 5.41) is 4.53. The maximum atomic E-state index is 5.56. The van der Waals surface area contributed by atoms with E-state index in [0.29, 0.717) is 0 Å². The van der Waals surface area contributed by atoms with Gasteiger partial charge in [0, 0.05) is 28.4 Å². The number of imidazole rings is 1. The summed E-state index contributed by atoms with van der Waals surface area (Å²) in [6, 6.07) is 72.6. The molecule has 63 heavy (non-hydrogen) atoms. The van der Waals surface area contributed by atoms with Gasteiger partial charge in [0.05, 0.1) is 11.0 Å². The van der Waals surface area contributed by atoms with Crippen LogP contribution in [0.3, 0.4) is 0 Å². The van der Waals surface area contributed by atoms with Crippen LogP contribution in [-0.4, -0.2) is 19.1 Å². The summed E-state index contributed by atoms with van der Waals surface area (Å²) in [6.07, 6.45) is 1.92. The molecule has 8 aromatic carbocycles. The Morgan fingerprint density at radius 1 is 0.524 bits per heavy atom. The zero-order chi connectivity index (χ0) is 41.4. The summed E-state index contributed by atoms with van der Waals surface area (Å²) in [5.74, 6) is 1.68. The number of nitrogens with zero attached hydrogens (tertiary/aromatic N) is 5. The molecule has 0 spiro atoms. The van der Waals surface area contributed by atoms with Crippen molar-refractivity contribution in [2.75, 3.05) is 0 Å². The minimum atomic E-state index is -0.231. The predicted molar refractivity (Wildman–Crippen MR) is 255 cm³/mol. The molecule has 12 rings (SSSR count). The Kier molecular flexibility index (Phi) is 9.33. The first kappa shape index (κ1) is 38.6. The Morgan fingerprint density at radius 2 is 1.22 bits per heavy atom. The summed E-state index contributed by atoms with van der Waals surface area (Å²) in [5.41, 5.74) is 14.4. The van der Waals surface area contributed by atoms with Crippen molar-refractivity contribution in [2.45, 2.75) is 19.3 Å². The van der Waals surface area contributed by atoms with Crippen molar-refractivity contribution in [3.8, 4) is 45.1 Å². The SMILES string of the molecule is CC(C)(c1ccccc1)c1ccc2c3ccc(-c4cccc5c4nc(-c4cccc6c4[n-]c4ccccc46)n5-c4ccccc4)[c-]c3n(-c3cc(-c4ccccc4)ccn3)c2c1.[Pt+2]. The second-order valence-corrected chi connectivity index (χ2v) is 16.6. The molecule has 0 aliphatic carbocycles. The molecule has 4 heterocycles.